The molecular formula is C20H23N5O3. The van der Waals surface area contributed by atoms with Gasteiger partial charge in [0, 0.05) is 37.0 Å². The molecule has 8 heteroatoms. The van der Waals surface area contributed by atoms with E-state index in [9.17, 15) is 14.7 Å². The van der Waals surface area contributed by atoms with Crippen molar-refractivity contribution in [2.45, 2.75) is 33.2 Å². The van der Waals surface area contributed by atoms with Crippen molar-refractivity contribution in [3.63, 3.8) is 0 Å². The van der Waals surface area contributed by atoms with E-state index in [4.69, 9.17) is 0 Å². The lowest BCUT2D eigenvalue weighted by molar-refractivity contribution is 0.202. The topological polar surface area (TPSA) is 93.2 Å². The molecule has 0 atom stereocenters. The second-order valence-electron chi connectivity index (χ2n) is 6.72. The normalized spacial score (nSPS) is 11.0. The van der Waals surface area contributed by atoms with E-state index in [0.29, 0.717) is 24.3 Å². The fourth-order valence-electron chi connectivity index (χ4n) is 2.90. The van der Waals surface area contributed by atoms with Crippen LogP contribution in [0.3, 0.4) is 0 Å². The lowest BCUT2D eigenvalue weighted by Gasteiger charge is -2.17. The SMILES string of the molecule is CCN(C(=O)O)c1cccc(Cc2nn(-c3cnn(C(C)C)c3)ccc2=O)c1. The number of nitrogens with zero attached hydrogens (tertiary/aromatic N) is 5. The molecule has 1 amide bonds. The van der Waals surface area contributed by atoms with Crippen LogP contribution in [0.5, 0.6) is 0 Å². The van der Waals surface area contributed by atoms with Gasteiger partial charge in [-0.05, 0) is 38.5 Å². The summed E-state index contributed by atoms with van der Waals surface area (Å²) in [5.41, 5.74) is 2.38. The number of anilines is 1. The van der Waals surface area contributed by atoms with E-state index in [1.165, 1.54) is 11.0 Å². The second kappa shape index (κ2) is 8.08. The molecule has 0 saturated carbocycles. The summed E-state index contributed by atoms with van der Waals surface area (Å²) in [5, 5.41) is 18.1. The summed E-state index contributed by atoms with van der Waals surface area (Å²) < 4.78 is 3.45. The summed E-state index contributed by atoms with van der Waals surface area (Å²) in [6.07, 6.45) is 4.49. The predicted octanol–water partition coefficient (Wildman–Crippen LogP) is 3.11. The van der Waals surface area contributed by atoms with Crippen LogP contribution in [0.15, 0.2) is 53.7 Å². The van der Waals surface area contributed by atoms with Gasteiger partial charge in [-0.25, -0.2) is 9.48 Å². The molecule has 0 radical (unpaired) electrons. The summed E-state index contributed by atoms with van der Waals surface area (Å²) in [4.78, 5) is 24.9. The van der Waals surface area contributed by atoms with Crippen LogP contribution in [0.1, 0.15) is 38.1 Å². The fourth-order valence-corrected chi connectivity index (χ4v) is 2.90. The van der Waals surface area contributed by atoms with Crippen LogP contribution in [-0.4, -0.2) is 37.3 Å². The Morgan fingerprint density at radius 2 is 2.07 bits per heavy atom. The molecular weight excluding hydrogens is 358 g/mol. The molecule has 0 bridgehead atoms. The zero-order valence-corrected chi connectivity index (χ0v) is 16.1. The van der Waals surface area contributed by atoms with Crippen LogP contribution >= 0.6 is 0 Å². The van der Waals surface area contributed by atoms with Crippen LogP contribution in [0, 0.1) is 0 Å². The van der Waals surface area contributed by atoms with Crippen LogP contribution in [-0.2, 0) is 6.42 Å². The van der Waals surface area contributed by atoms with Gasteiger partial charge in [0.05, 0.1) is 12.4 Å². The highest BCUT2D eigenvalue weighted by molar-refractivity contribution is 5.85. The maximum Gasteiger partial charge on any atom is 0.411 e. The van der Waals surface area contributed by atoms with Crippen LogP contribution < -0.4 is 10.3 Å². The third-order valence-electron chi connectivity index (χ3n) is 4.40. The largest absolute Gasteiger partial charge is 0.465 e. The van der Waals surface area contributed by atoms with Gasteiger partial charge in [-0.3, -0.25) is 14.4 Å². The summed E-state index contributed by atoms with van der Waals surface area (Å²) >= 11 is 0. The van der Waals surface area contributed by atoms with Gasteiger partial charge in [0.1, 0.15) is 11.4 Å². The van der Waals surface area contributed by atoms with Gasteiger partial charge in [0.15, 0.2) is 0 Å². The van der Waals surface area contributed by atoms with Crippen molar-refractivity contribution in [1.82, 2.24) is 19.6 Å². The van der Waals surface area contributed by atoms with Crippen molar-refractivity contribution < 1.29 is 9.90 Å². The van der Waals surface area contributed by atoms with Crippen molar-refractivity contribution in [2.75, 3.05) is 11.4 Å². The molecule has 0 fully saturated rings. The van der Waals surface area contributed by atoms with Gasteiger partial charge in [-0.2, -0.15) is 10.2 Å². The van der Waals surface area contributed by atoms with Gasteiger partial charge in [-0.1, -0.05) is 12.1 Å². The Kier molecular flexibility index (Phi) is 5.58. The van der Waals surface area contributed by atoms with E-state index in [1.54, 1.807) is 42.2 Å². The molecule has 0 aliphatic carbocycles. The van der Waals surface area contributed by atoms with E-state index >= 15 is 0 Å². The molecule has 28 heavy (non-hydrogen) atoms. The van der Waals surface area contributed by atoms with Crippen LogP contribution in [0.2, 0.25) is 0 Å². The van der Waals surface area contributed by atoms with E-state index in [2.05, 4.69) is 10.2 Å². The zero-order chi connectivity index (χ0) is 20.3. The number of rotatable bonds is 6. The Morgan fingerprint density at radius 1 is 1.29 bits per heavy atom. The van der Waals surface area contributed by atoms with Crippen molar-refractivity contribution >= 4 is 11.8 Å². The maximum absolute atomic E-state index is 12.3. The fraction of sp³-hybridized carbons (Fsp3) is 0.300. The van der Waals surface area contributed by atoms with Crippen molar-refractivity contribution in [1.29, 1.82) is 0 Å². The summed E-state index contributed by atoms with van der Waals surface area (Å²) in [6.45, 7) is 6.18. The third kappa shape index (κ3) is 4.11. The lowest BCUT2D eigenvalue weighted by Crippen LogP contribution is -2.28. The standard InChI is InChI=1S/C20H23N5O3/c1-4-23(20(27)28)16-7-5-6-15(10-16)11-18-19(26)8-9-24(22-18)17-12-21-25(13-17)14(2)3/h5-10,12-14H,4,11H2,1-3H3,(H,27,28). The highest BCUT2D eigenvalue weighted by atomic mass is 16.4. The average Bonchev–Trinajstić information content (AvgIpc) is 3.15. The molecule has 0 saturated heterocycles. The third-order valence-corrected chi connectivity index (χ3v) is 4.40. The first kappa shape index (κ1) is 19.3. The number of hydrogen-bond acceptors (Lipinski definition) is 4. The summed E-state index contributed by atoms with van der Waals surface area (Å²) in [6, 6.07) is 8.85. The smallest absolute Gasteiger partial charge is 0.411 e. The van der Waals surface area contributed by atoms with Crippen molar-refractivity contribution in [3.05, 3.63) is 70.4 Å². The Hall–Kier alpha value is -3.42. The van der Waals surface area contributed by atoms with Crippen LogP contribution in [0.25, 0.3) is 5.69 Å². The minimum absolute atomic E-state index is 0.163. The molecule has 8 nitrogen and oxygen atoms in total. The zero-order valence-electron chi connectivity index (χ0n) is 16.1. The monoisotopic (exact) mass is 381 g/mol. The van der Waals surface area contributed by atoms with E-state index < -0.39 is 6.09 Å². The molecule has 1 aromatic carbocycles. The Labute approximate surface area is 162 Å². The van der Waals surface area contributed by atoms with E-state index in [1.807, 2.05) is 30.8 Å². The maximum atomic E-state index is 12.3. The number of carbonyl (C=O) groups is 1. The van der Waals surface area contributed by atoms with Crippen LogP contribution in [0.4, 0.5) is 10.5 Å². The molecule has 2 aromatic heterocycles. The van der Waals surface area contributed by atoms with Gasteiger partial charge in [0.25, 0.3) is 0 Å². The number of aromatic nitrogens is 4. The van der Waals surface area contributed by atoms with E-state index in [0.717, 1.165) is 11.3 Å². The number of hydrogen-bond donors (Lipinski definition) is 1. The van der Waals surface area contributed by atoms with E-state index in [-0.39, 0.29) is 11.5 Å². The first-order chi connectivity index (χ1) is 13.4. The average molecular weight is 381 g/mol. The summed E-state index contributed by atoms with van der Waals surface area (Å²) in [5.74, 6) is 0. The Morgan fingerprint density at radius 3 is 2.71 bits per heavy atom. The second-order valence-corrected chi connectivity index (χ2v) is 6.72. The molecule has 1 N–H and O–H groups in total. The molecule has 146 valence electrons. The van der Waals surface area contributed by atoms with Gasteiger partial charge < -0.3 is 5.11 Å². The minimum Gasteiger partial charge on any atom is -0.465 e. The molecule has 3 rings (SSSR count). The molecule has 0 aliphatic heterocycles. The molecule has 0 spiro atoms. The molecule has 2 heterocycles. The first-order valence-electron chi connectivity index (χ1n) is 9.11. The Bertz CT molecular complexity index is 1040. The minimum atomic E-state index is -1.01. The van der Waals surface area contributed by atoms with Gasteiger partial charge in [-0.15, -0.1) is 0 Å². The lowest BCUT2D eigenvalue weighted by atomic mass is 10.1. The van der Waals surface area contributed by atoms with Gasteiger partial charge >= 0.3 is 6.09 Å². The van der Waals surface area contributed by atoms with Crippen molar-refractivity contribution in [2.24, 2.45) is 0 Å². The van der Waals surface area contributed by atoms with Crippen molar-refractivity contribution in [3.8, 4) is 5.69 Å². The number of amides is 1. The molecule has 0 unspecified atom stereocenters. The predicted molar refractivity (Wildman–Crippen MR) is 106 cm³/mol. The quantitative estimate of drug-likeness (QED) is 0.708. The van der Waals surface area contributed by atoms with Gasteiger partial charge in [0.2, 0.25) is 5.43 Å². The summed E-state index contributed by atoms with van der Waals surface area (Å²) in [7, 11) is 0. The first-order valence-corrected chi connectivity index (χ1v) is 9.11. The Balaban J connectivity index is 1.90. The number of benzene rings is 1. The highest BCUT2D eigenvalue weighted by Gasteiger charge is 2.13. The number of carboxylic acid groups (broad SMARTS) is 1. The molecule has 3 aromatic rings. The molecule has 0 aliphatic rings. The highest BCUT2D eigenvalue weighted by Crippen LogP contribution is 2.18.